The second-order valence-electron chi connectivity index (χ2n) is 9.49. The highest BCUT2D eigenvalue weighted by molar-refractivity contribution is 6.26. The van der Waals surface area contributed by atoms with E-state index in [1.807, 2.05) is 0 Å². The summed E-state index contributed by atoms with van der Waals surface area (Å²) >= 11 is 7.34. The first-order chi connectivity index (χ1) is 11.3. The Morgan fingerprint density at radius 1 is 1.29 bits per heavy atom. The molecule has 0 saturated heterocycles. The normalized spacial score (nSPS) is 56.2. The molecule has 4 aliphatic carbocycles. The van der Waals surface area contributed by atoms with E-state index in [4.69, 9.17) is 11.6 Å². The van der Waals surface area contributed by atoms with E-state index in [2.05, 4.69) is 45.9 Å². The molecule has 0 nitrogen and oxygen atoms in total. The van der Waals surface area contributed by atoms with Crippen molar-refractivity contribution in [2.75, 3.05) is 0 Å². The average Bonchev–Trinajstić information content (AvgIpc) is 2.78. The summed E-state index contributed by atoms with van der Waals surface area (Å²) in [5.74, 6) is 2.23. The molecule has 24 heavy (non-hydrogen) atoms. The van der Waals surface area contributed by atoms with Crippen molar-refractivity contribution in [3.05, 3.63) is 23.8 Å². The number of allylic oxidation sites excluding steroid dienone is 4. The summed E-state index contributed by atoms with van der Waals surface area (Å²) in [4.78, 5) is -0.749. The maximum absolute atomic E-state index is 15.8. The van der Waals surface area contributed by atoms with Gasteiger partial charge in [0.05, 0.1) is 4.87 Å². The molecule has 4 rings (SSSR count). The quantitative estimate of drug-likeness (QED) is 0.364. The minimum Gasteiger partial charge on any atom is -0.245 e. The van der Waals surface area contributed by atoms with Crippen LogP contribution < -0.4 is 0 Å². The van der Waals surface area contributed by atoms with Crippen LogP contribution in [0, 0.1) is 34.5 Å². The van der Waals surface area contributed by atoms with E-state index in [9.17, 15) is 0 Å². The molecule has 4 aliphatic rings. The lowest BCUT2D eigenvalue weighted by Gasteiger charge is -2.62. The number of rotatable bonds is 1. The Morgan fingerprint density at radius 2 is 2.04 bits per heavy atom. The lowest BCUT2D eigenvalue weighted by atomic mass is 9.46. The molecule has 0 heterocycles. The van der Waals surface area contributed by atoms with Crippen LogP contribution in [0.15, 0.2) is 23.8 Å². The number of hydrogen-bond donors (Lipinski definition) is 0. The highest BCUT2D eigenvalue weighted by atomic mass is 35.5. The smallest absolute Gasteiger partial charge is 0.121 e. The van der Waals surface area contributed by atoms with E-state index >= 15 is 4.39 Å². The van der Waals surface area contributed by atoms with Crippen LogP contribution in [0.1, 0.15) is 66.2 Å². The average molecular weight is 351 g/mol. The van der Waals surface area contributed by atoms with Crippen LogP contribution >= 0.6 is 11.6 Å². The second kappa shape index (κ2) is 5.35. The molecule has 8 atom stereocenters. The molecule has 0 bridgehead atoms. The molecular weight excluding hydrogens is 319 g/mol. The van der Waals surface area contributed by atoms with Gasteiger partial charge in [-0.2, -0.15) is 0 Å². The third-order valence-electron chi connectivity index (χ3n) is 8.69. The van der Waals surface area contributed by atoms with Gasteiger partial charge >= 0.3 is 0 Å². The van der Waals surface area contributed by atoms with Crippen molar-refractivity contribution < 1.29 is 4.39 Å². The van der Waals surface area contributed by atoms with Gasteiger partial charge < -0.3 is 0 Å². The zero-order chi connectivity index (χ0) is 17.3. The zero-order valence-corrected chi connectivity index (χ0v) is 16.4. The minimum absolute atomic E-state index is 0.132. The van der Waals surface area contributed by atoms with Crippen LogP contribution in [-0.4, -0.2) is 11.0 Å². The van der Waals surface area contributed by atoms with Crippen LogP contribution in [-0.2, 0) is 0 Å². The third kappa shape index (κ3) is 1.86. The van der Waals surface area contributed by atoms with Gasteiger partial charge in [0.2, 0.25) is 0 Å². The van der Waals surface area contributed by atoms with E-state index in [1.54, 1.807) is 0 Å². The summed E-state index contributed by atoms with van der Waals surface area (Å²) in [5.41, 5.74) is 1.22. The van der Waals surface area contributed by atoms with Gasteiger partial charge in [-0.1, -0.05) is 57.9 Å². The van der Waals surface area contributed by atoms with Gasteiger partial charge in [-0.25, -0.2) is 4.39 Å². The number of hydrogen-bond acceptors (Lipinski definition) is 0. The zero-order valence-electron chi connectivity index (χ0n) is 15.6. The van der Waals surface area contributed by atoms with Crippen molar-refractivity contribution in [2.24, 2.45) is 34.5 Å². The Labute approximate surface area is 151 Å². The van der Waals surface area contributed by atoms with Crippen molar-refractivity contribution >= 4 is 11.6 Å². The SMILES string of the molecule is CC[C@@H]1[C@@H](C)C[C@H]2[C@@H]3CCC4=CCC=C[C@]4(C)[C@@]3(Cl)[C@@H](F)C[C@]12C. The molecule has 3 saturated carbocycles. The number of alkyl halides is 2. The highest BCUT2D eigenvalue weighted by Crippen LogP contribution is 2.71. The van der Waals surface area contributed by atoms with E-state index in [1.165, 1.54) is 18.4 Å². The second-order valence-corrected chi connectivity index (χ2v) is 10.1. The van der Waals surface area contributed by atoms with Gasteiger partial charge in [-0.3, -0.25) is 0 Å². The standard InChI is InChI=1S/C22H32ClF/c1-5-16-14(2)12-18-17-10-9-15-8-6-7-11-21(15,4)22(17,23)19(24)13-20(16,18)3/h7-8,11,14,16-19H,5-6,9-10,12-13H2,1-4H3/t14-,16+,17-,18-,19-,20+,21-,22-/m0/s1. The molecule has 0 radical (unpaired) electrons. The molecule has 0 spiro atoms. The Morgan fingerprint density at radius 3 is 2.75 bits per heavy atom. The fourth-order valence-electron chi connectivity index (χ4n) is 7.62. The Hall–Kier alpha value is -0.300. The van der Waals surface area contributed by atoms with E-state index in [-0.39, 0.29) is 10.8 Å². The first-order valence-corrected chi connectivity index (χ1v) is 10.4. The number of halogens is 2. The lowest BCUT2D eigenvalue weighted by molar-refractivity contribution is -0.0691. The van der Waals surface area contributed by atoms with Gasteiger partial charge in [0, 0.05) is 5.41 Å². The Kier molecular flexibility index (Phi) is 3.82. The van der Waals surface area contributed by atoms with Crippen LogP contribution in [0.2, 0.25) is 0 Å². The fourth-order valence-corrected chi connectivity index (χ4v) is 8.14. The van der Waals surface area contributed by atoms with Gasteiger partial charge in [-0.05, 0) is 61.2 Å². The summed E-state index contributed by atoms with van der Waals surface area (Å²) in [5, 5.41) is 0. The van der Waals surface area contributed by atoms with Crippen LogP contribution in [0.25, 0.3) is 0 Å². The molecule has 2 heteroatoms. The molecular formula is C22H32ClF. The molecule has 0 aromatic carbocycles. The van der Waals surface area contributed by atoms with E-state index < -0.39 is 11.0 Å². The van der Waals surface area contributed by atoms with Crippen molar-refractivity contribution in [1.29, 1.82) is 0 Å². The molecule has 0 aromatic rings. The predicted molar refractivity (Wildman–Crippen MR) is 99.9 cm³/mol. The fraction of sp³-hybridized carbons (Fsp3) is 0.818. The van der Waals surface area contributed by atoms with Crippen LogP contribution in [0.4, 0.5) is 4.39 Å². The van der Waals surface area contributed by atoms with Crippen molar-refractivity contribution in [2.45, 2.75) is 77.3 Å². The Bertz CT molecular complexity index is 595. The Balaban J connectivity index is 1.81. The van der Waals surface area contributed by atoms with Gasteiger partial charge in [0.1, 0.15) is 6.17 Å². The van der Waals surface area contributed by atoms with E-state index in [0.29, 0.717) is 30.1 Å². The largest absolute Gasteiger partial charge is 0.245 e. The molecule has 134 valence electrons. The summed E-state index contributed by atoms with van der Waals surface area (Å²) < 4.78 is 15.8. The minimum atomic E-state index is -0.916. The van der Waals surface area contributed by atoms with Crippen molar-refractivity contribution in [3.63, 3.8) is 0 Å². The highest BCUT2D eigenvalue weighted by Gasteiger charge is 2.69. The van der Waals surface area contributed by atoms with Crippen LogP contribution in [0.5, 0.6) is 0 Å². The van der Waals surface area contributed by atoms with Crippen LogP contribution in [0.3, 0.4) is 0 Å². The summed E-state index contributed by atoms with van der Waals surface area (Å²) in [6.45, 7) is 9.26. The van der Waals surface area contributed by atoms with Gasteiger partial charge in [0.15, 0.2) is 0 Å². The van der Waals surface area contributed by atoms with Gasteiger partial charge in [0.25, 0.3) is 0 Å². The molecule has 0 aromatic heterocycles. The lowest BCUT2D eigenvalue weighted by Crippen LogP contribution is -2.64. The number of fused-ring (bicyclic) bond motifs is 5. The first kappa shape index (κ1) is 17.1. The first-order valence-electron chi connectivity index (χ1n) is 9.99. The topological polar surface area (TPSA) is 0 Å². The molecule has 0 aliphatic heterocycles. The molecule has 0 N–H and O–H groups in total. The van der Waals surface area contributed by atoms with Gasteiger partial charge in [-0.15, -0.1) is 11.6 Å². The third-order valence-corrected chi connectivity index (χ3v) is 9.60. The maximum atomic E-state index is 15.8. The predicted octanol–water partition coefficient (Wildman–Crippen LogP) is 6.70. The van der Waals surface area contributed by atoms with E-state index in [0.717, 1.165) is 19.3 Å². The summed E-state index contributed by atoms with van der Waals surface area (Å²) in [6, 6.07) is 0. The van der Waals surface area contributed by atoms with Crippen molar-refractivity contribution in [3.8, 4) is 0 Å². The molecule has 0 amide bonds. The van der Waals surface area contributed by atoms with Crippen molar-refractivity contribution in [1.82, 2.24) is 0 Å². The maximum Gasteiger partial charge on any atom is 0.121 e. The summed E-state index contributed by atoms with van der Waals surface area (Å²) in [6.07, 6.45) is 12.0. The monoisotopic (exact) mass is 350 g/mol. The summed E-state index contributed by atoms with van der Waals surface area (Å²) in [7, 11) is 0. The molecule has 3 fully saturated rings. The molecule has 0 unspecified atom stereocenters.